The van der Waals surface area contributed by atoms with Crippen LogP contribution in [0.5, 0.6) is 0 Å². The summed E-state index contributed by atoms with van der Waals surface area (Å²) < 4.78 is 0. The molecule has 2 nitrogen and oxygen atoms in total. The van der Waals surface area contributed by atoms with Crippen LogP contribution in [0, 0.1) is 0 Å². The van der Waals surface area contributed by atoms with Crippen molar-refractivity contribution < 1.29 is 0 Å². The highest BCUT2D eigenvalue weighted by Crippen LogP contribution is 2.21. The number of thioether (sulfide) groups is 1. The number of likely N-dealkylation sites (N-methyl/N-ethyl adjacent to an activating group) is 2. The Bertz CT molecular complexity index is 271. The number of hydrogen-bond acceptors (Lipinski definition) is 3. The van der Waals surface area contributed by atoms with Crippen molar-refractivity contribution in [1.29, 1.82) is 0 Å². The number of benzene rings is 1. The lowest BCUT2D eigenvalue weighted by Crippen LogP contribution is -2.26. The quantitative estimate of drug-likeness (QED) is 0.747. The Labute approximate surface area is 97.1 Å². The number of anilines is 1. The minimum Gasteiger partial charge on any atom is -0.373 e. The average molecular weight is 224 g/mol. The molecule has 3 heteroatoms. The molecule has 0 atom stereocenters. The van der Waals surface area contributed by atoms with Gasteiger partial charge in [-0.25, -0.2) is 0 Å². The van der Waals surface area contributed by atoms with Gasteiger partial charge in [-0.15, -0.1) is 11.8 Å². The van der Waals surface area contributed by atoms with E-state index in [0.717, 1.165) is 18.8 Å². The van der Waals surface area contributed by atoms with Gasteiger partial charge in [0.2, 0.25) is 0 Å². The average Bonchev–Trinajstić information content (AvgIpc) is 2.27. The second-order valence-electron chi connectivity index (χ2n) is 3.45. The minimum atomic E-state index is 1.02. The smallest absolute Gasteiger partial charge is 0.0364 e. The van der Waals surface area contributed by atoms with E-state index in [-0.39, 0.29) is 0 Å². The van der Waals surface area contributed by atoms with E-state index in [1.165, 1.54) is 10.6 Å². The fourth-order valence-corrected chi connectivity index (χ4v) is 2.03. The zero-order valence-electron chi connectivity index (χ0n) is 9.79. The molecule has 0 saturated heterocycles. The van der Waals surface area contributed by atoms with E-state index in [1.807, 2.05) is 18.8 Å². The van der Waals surface area contributed by atoms with Crippen LogP contribution in [0.4, 0.5) is 5.69 Å². The van der Waals surface area contributed by atoms with Crippen LogP contribution in [0.3, 0.4) is 0 Å². The summed E-state index contributed by atoms with van der Waals surface area (Å²) in [6.45, 7) is 4.23. The summed E-state index contributed by atoms with van der Waals surface area (Å²) in [5, 5.41) is 3.15. The van der Waals surface area contributed by atoms with E-state index < -0.39 is 0 Å². The van der Waals surface area contributed by atoms with E-state index in [9.17, 15) is 0 Å². The van der Waals surface area contributed by atoms with Gasteiger partial charge in [0, 0.05) is 30.7 Å². The highest BCUT2D eigenvalue weighted by atomic mass is 32.2. The number of hydrogen-bond donors (Lipinski definition) is 1. The van der Waals surface area contributed by atoms with Gasteiger partial charge in [-0.05, 0) is 37.1 Å². The van der Waals surface area contributed by atoms with Crippen molar-refractivity contribution in [3.8, 4) is 0 Å². The fourth-order valence-electron chi connectivity index (χ4n) is 1.37. The molecule has 0 aliphatic carbocycles. The Hall–Kier alpha value is -0.670. The molecular weight excluding hydrogens is 204 g/mol. The second-order valence-corrected chi connectivity index (χ2v) is 4.79. The standard InChI is InChI=1S/C12H20N2S/c1-4-15-12-7-5-11(6-8-12)14(3)10-9-13-2/h5-8,13H,4,9-10H2,1-3H3. The first-order valence-electron chi connectivity index (χ1n) is 5.36. The van der Waals surface area contributed by atoms with Crippen molar-refractivity contribution in [2.24, 2.45) is 0 Å². The Morgan fingerprint density at radius 2 is 1.93 bits per heavy atom. The third kappa shape index (κ3) is 4.14. The zero-order chi connectivity index (χ0) is 11.1. The first-order valence-corrected chi connectivity index (χ1v) is 6.35. The first-order chi connectivity index (χ1) is 7.27. The van der Waals surface area contributed by atoms with Crippen LogP contribution in [0.1, 0.15) is 6.92 Å². The molecule has 0 radical (unpaired) electrons. The second kappa shape index (κ2) is 6.75. The fraction of sp³-hybridized carbons (Fsp3) is 0.500. The molecule has 0 spiro atoms. The predicted octanol–water partition coefficient (Wildman–Crippen LogP) is 2.45. The van der Waals surface area contributed by atoms with Crippen molar-refractivity contribution in [2.45, 2.75) is 11.8 Å². The molecule has 0 aliphatic heterocycles. The Morgan fingerprint density at radius 3 is 2.47 bits per heavy atom. The van der Waals surface area contributed by atoms with E-state index in [4.69, 9.17) is 0 Å². The molecule has 0 heterocycles. The van der Waals surface area contributed by atoms with Gasteiger partial charge >= 0.3 is 0 Å². The molecule has 0 saturated carbocycles. The normalized spacial score (nSPS) is 10.3. The summed E-state index contributed by atoms with van der Waals surface area (Å²) >= 11 is 1.88. The number of nitrogens with one attached hydrogen (secondary N) is 1. The minimum absolute atomic E-state index is 1.02. The molecule has 0 amide bonds. The van der Waals surface area contributed by atoms with Gasteiger partial charge in [0.05, 0.1) is 0 Å². The monoisotopic (exact) mass is 224 g/mol. The summed E-state index contributed by atoms with van der Waals surface area (Å²) in [6, 6.07) is 8.76. The lowest BCUT2D eigenvalue weighted by Gasteiger charge is -2.19. The zero-order valence-corrected chi connectivity index (χ0v) is 10.6. The van der Waals surface area contributed by atoms with Crippen molar-refractivity contribution in [1.82, 2.24) is 5.32 Å². The van der Waals surface area contributed by atoms with E-state index in [2.05, 4.69) is 48.5 Å². The molecule has 1 rings (SSSR count). The van der Waals surface area contributed by atoms with E-state index in [0.29, 0.717) is 0 Å². The topological polar surface area (TPSA) is 15.3 Å². The highest BCUT2D eigenvalue weighted by molar-refractivity contribution is 7.99. The molecule has 0 fully saturated rings. The third-order valence-electron chi connectivity index (χ3n) is 2.29. The van der Waals surface area contributed by atoms with Gasteiger partial charge in [0.25, 0.3) is 0 Å². The maximum atomic E-state index is 3.15. The molecule has 1 aromatic rings. The molecule has 0 aliphatic rings. The van der Waals surface area contributed by atoms with Crippen molar-refractivity contribution in [2.75, 3.05) is 37.8 Å². The summed E-state index contributed by atoms with van der Waals surface area (Å²) in [5.74, 6) is 1.13. The lowest BCUT2D eigenvalue weighted by atomic mass is 10.3. The first kappa shape index (κ1) is 12.4. The summed E-state index contributed by atoms with van der Waals surface area (Å²) in [4.78, 5) is 3.61. The van der Waals surface area contributed by atoms with E-state index >= 15 is 0 Å². The Kier molecular flexibility index (Phi) is 5.58. The molecule has 0 unspecified atom stereocenters. The van der Waals surface area contributed by atoms with Crippen LogP contribution < -0.4 is 10.2 Å². The van der Waals surface area contributed by atoms with Gasteiger partial charge in [0.1, 0.15) is 0 Å². The van der Waals surface area contributed by atoms with Crippen LogP contribution in [0.15, 0.2) is 29.2 Å². The largest absolute Gasteiger partial charge is 0.373 e. The molecule has 0 aromatic heterocycles. The van der Waals surface area contributed by atoms with Gasteiger partial charge in [-0.3, -0.25) is 0 Å². The molecule has 84 valence electrons. The molecule has 0 bridgehead atoms. The van der Waals surface area contributed by atoms with Crippen LogP contribution in [-0.2, 0) is 0 Å². The van der Waals surface area contributed by atoms with Crippen molar-refractivity contribution in [3.63, 3.8) is 0 Å². The number of nitrogens with zero attached hydrogens (tertiary/aromatic N) is 1. The summed E-state index contributed by atoms with van der Waals surface area (Å²) in [6.07, 6.45) is 0. The maximum Gasteiger partial charge on any atom is 0.0364 e. The third-order valence-corrected chi connectivity index (χ3v) is 3.18. The van der Waals surface area contributed by atoms with Crippen molar-refractivity contribution in [3.05, 3.63) is 24.3 Å². The Balaban J connectivity index is 2.54. The SMILES string of the molecule is CCSc1ccc(N(C)CCNC)cc1. The van der Waals surface area contributed by atoms with Gasteiger partial charge in [-0.1, -0.05) is 6.92 Å². The molecule has 1 aromatic carbocycles. The highest BCUT2D eigenvalue weighted by Gasteiger charge is 1.99. The van der Waals surface area contributed by atoms with Crippen LogP contribution >= 0.6 is 11.8 Å². The van der Waals surface area contributed by atoms with E-state index in [1.54, 1.807) is 0 Å². The van der Waals surface area contributed by atoms with Crippen LogP contribution in [0.25, 0.3) is 0 Å². The lowest BCUT2D eigenvalue weighted by molar-refractivity contribution is 0.767. The summed E-state index contributed by atoms with van der Waals surface area (Å²) in [5.41, 5.74) is 1.28. The maximum absolute atomic E-state index is 3.15. The summed E-state index contributed by atoms with van der Waals surface area (Å²) in [7, 11) is 4.11. The molecule has 1 N–H and O–H groups in total. The predicted molar refractivity (Wildman–Crippen MR) is 70.0 cm³/mol. The molecule has 15 heavy (non-hydrogen) atoms. The Morgan fingerprint density at radius 1 is 1.27 bits per heavy atom. The number of rotatable bonds is 6. The van der Waals surface area contributed by atoms with Gasteiger partial charge in [0.15, 0.2) is 0 Å². The van der Waals surface area contributed by atoms with Gasteiger partial charge in [-0.2, -0.15) is 0 Å². The van der Waals surface area contributed by atoms with Crippen molar-refractivity contribution >= 4 is 17.4 Å². The van der Waals surface area contributed by atoms with Crippen LogP contribution in [-0.4, -0.2) is 32.9 Å². The van der Waals surface area contributed by atoms with Gasteiger partial charge < -0.3 is 10.2 Å². The molecular formula is C12H20N2S. The van der Waals surface area contributed by atoms with Crippen LogP contribution in [0.2, 0.25) is 0 Å².